The number of rotatable bonds is 13. The lowest BCUT2D eigenvalue weighted by atomic mass is 10.1. The van der Waals surface area contributed by atoms with Crippen LogP contribution in [-0.4, -0.2) is 51.4 Å². The quantitative estimate of drug-likeness (QED) is 0.295. The van der Waals surface area contributed by atoms with Crippen molar-refractivity contribution in [3.05, 3.63) is 89.4 Å². The molecule has 3 rings (SSSR count). The molecule has 1 N–H and O–H groups in total. The number of nitrogens with zero attached hydrogens (tertiary/aromatic N) is 2. The molecule has 0 spiro atoms. The van der Waals surface area contributed by atoms with E-state index in [4.69, 9.17) is 16.3 Å². The Kier molecular flexibility index (Phi) is 10.8. The van der Waals surface area contributed by atoms with Crippen LogP contribution in [0.1, 0.15) is 32.3 Å². The zero-order valence-electron chi connectivity index (χ0n) is 22.3. The molecule has 0 aliphatic heterocycles. The summed E-state index contributed by atoms with van der Waals surface area (Å²) >= 11 is 6.05. The molecule has 8 nitrogen and oxygen atoms in total. The maximum absolute atomic E-state index is 13.9. The summed E-state index contributed by atoms with van der Waals surface area (Å²) in [6.45, 7) is 3.74. The lowest BCUT2D eigenvalue weighted by Gasteiger charge is -2.32. The highest BCUT2D eigenvalue weighted by molar-refractivity contribution is 7.92. The van der Waals surface area contributed by atoms with Gasteiger partial charge in [0, 0.05) is 18.1 Å². The topological polar surface area (TPSA) is 96.0 Å². The van der Waals surface area contributed by atoms with Crippen molar-refractivity contribution < 1.29 is 22.7 Å². The minimum atomic E-state index is -4.12. The molecule has 0 unspecified atom stereocenters. The summed E-state index contributed by atoms with van der Waals surface area (Å²) in [5.41, 5.74) is 1.04. The maximum atomic E-state index is 13.9. The number of hydrogen-bond acceptors (Lipinski definition) is 5. The van der Waals surface area contributed by atoms with Crippen LogP contribution in [0.3, 0.4) is 0 Å². The third kappa shape index (κ3) is 7.97. The normalized spacial score (nSPS) is 11.9. The average molecular weight is 572 g/mol. The largest absolute Gasteiger partial charge is 0.497 e. The van der Waals surface area contributed by atoms with Crippen LogP contribution >= 0.6 is 11.6 Å². The minimum Gasteiger partial charge on any atom is -0.497 e. The van der Waals surface area contributed by atoms with E-state index in [1.165, 1.54) is 17.0 Å². The van der Waals surface area contributed by atoms with Crippen LogP contribution < -0.4 is 14.4 Å². The Hall–Kier alpha value is -3.56. The predicted molar refractivity (Wildman–Crippen MR) is 153 cm³/mol. The summed E-state index contributed by atoms with van der Waals surface area (Å²) in [6, 6.07) is 20.4. The number of sulfonamides is 1. The number of anilines is 1. The molecule has 0 fully saturated rings. The van der Waals surface area contributed by atoms with Crippen molar-refractivity contribution in [1.82, 2.24) is 10.2 Å². The van der Waals surface area contributed by atoms with Crippen molar-refractivity contribution in [1.29, 1.82) is 0 Å². The van der Waals surface area contributed by atoms with Gasteiger partial charge in [-0.05, 0) is 67.4 Å². The van der Waals surface area contributed by atoms with Crippen LogP contribution in [0, 0.1) is 0 Å². The van der Waals surface area contributed by atoms with Gasteiger partial charge in [-0.3, -0.25) is 13.9 Å². The highest BCUT2D eigenvalue weighted by atomic mass is 35.5. The fourth-order valence-electron chi connectivity index (χ4n) is 3.90. The summed E-state index contributed by atoms with van der Waals surface area (Å²) in [7, 11) is -2.55. The van der Waals surface area contributed by atoms with Gasteiger partial charge in [-0.2, -0.15) is 0 Å². The maximum Gasteiger partial charge on any atom is 0.264 e. The molecular formula is C29H34ClN3O5S. The van der Waals surface area contributed by atoms with E-state index in [1.807, 2.05) is 6.92 Å². The molecule has 0 radical (unpaired) electrons. The van der Waals surface area contributed by atoms with Gasteiger partial charge < -0.3 is 15.0 Å². The molecule has 10 heteroatoms. The number of amides is 2. The van der Waals surface area contributed by atoms with Crippen molar-refractivity contribution in [3.8, 4) is 5.75 Å². The second-order valence-corrected chi connectivity index (χ2v) is 11.3. The molecule has 1 atom stereocenters. The Morgan fingerprint density at radius 1 is 0.974 bits per heavy atom. The van der Waals surface area contributed by atoms with E-state index in [2.05, 4.69) is 5.32 Å². The summed E-state index contributed by atoms with van der Waals surface area (Å²) in [5, 5.41) is 3.30. The highest BCUT2D eigenvalue weighted by Gasteiger charge is 2.32. The standard InChI is InChI=1S/C29H34ClN3O5S/c1-4-5-19-31-29(35)22(2)32(20-23-11-17-26(38-3)18-12-23)28(34)21-33(25-15-13-24(30)14-16-25)39(36,37)27-9-7-6-8-10-27/h6-18,22H,4-5,19-21H2,1-3H3,(H,31,35)/t22-/m1/s1. The second kappa shape index (κ2) is 14.0. The number of unbranched alkanes of at least 4 members (excludes halogenated alkanes) is 1. The van der Waals surface area contributed by atoms with Crippen molar-refractivity contribution in [2.24, 2.45) is 0 Å². The smallest absolute Gasteiger partial charge is 0.264 e. The second-order valence-electron chi connectivity index (χ2n) is 8.99. The fraction of sp³-hybridized carbons (Fsp3) is 0.310. The molecule has 39 heavy (non-hydrogen) atoms. The molecule has 0 bridgehead atoms. The first-order chi connectivity index (χ1) is 18.7. The minimum absolute atomic E-state index is 0.0415. The summed E-state index contributed by atoms with van der Waals surface area (Å²) in [6.07, 6.45) is 1.72. The van der Waals surface area contributed by atoms with Crippen molar-refractivity contribution in [2.45, 2.75) is 44.2 Å². The number of methoxy groups -OCH3 is 1. The van der Waals surface area contributed by atoms with E-state index in [1.54, 1.807) is 80.8 Å². The molecular weight excluding hydrogens is 538 g/mol. The van der Waals surface area contributed by atoms with Gasteiger partial charge in [-0.1, -0.05) is 55.3 Å². The Morgan fingerprint density at radius 2 is 1.62 bits per heavy atom. The van der Waals surface area contributed by atoms with E-state index < -0.39 is 28.5 Å². The molecule has 2 amide bonds. The Bertz CT molecular complexity index is 1330. The molecule has 0 aliphatic rings. The van der Waals surface area contributed by atoms with Gasteiger partial charge >= 0.3 is 0 Å². The van der Waals surface area contributed by atoms with Gasteiger partial charge in [-0.15, -0.1) is 0 Å². The number of halogens is 1. The van der Waals surface area contributed by atoms with Crippen molar-refractivity contribution in [2.75, 3.05) is 24.5 Å². The SMILES string of the molecule is CCCCNC(=O)[C@@H](C)N(Cc1ccc(OC)cc1)C(=O)CN(c1ccc(Cl)cc1)S(=O)(=O)c1ccccc1. The molecule has 208 valence electrons. The van der Waals surface area contributed by atoms with Gasteiger partial charge in [0.2, 0.25) is 11.8 Å². The van der Waals surface area contributed by atoms with Crippen LogP contribution in [0.4, 0.5) is 5.69 Å². The van der Waals surface area contributed by atoms with Gasteiger partial charge in [-0.25, -0.2) is 8.42 Å². The average Bonchev–Trinajstić information content (AvgIpc) is 2.95. The summed E-state index contributed by atoms with van der Waals surface area (Å²) in [5.74, 6) is -0.183. The zero-order chi connectivity index (χ0) is 28.4. The lowest BCUT2D eigenvalue weighted by molar-refractivity contribution is -0.139. The summed E-state index contributed by atoms with van der Waals surface area (Å²) < 4.78 is 33.7. The van der Waals surface area contributed by atoms with Crippen molar-refractivity contribution >= 4 is 39.1 Å². The number of carbonyl (C=O) groups excluding carboxylic acids is 2. The van der Waals surface area contributed by atoms with Crippen LogP contribution in [0.15, 0.2) is 83.8 Å². The summed E-state index contributed by atoms with van der Waals surface area (Å²) in [4.78, 5) is 28.3. The first-order valence-electron chi connectivity index (χ1n) is 12.7. The lowest BCUT2D eigenvalue weighted by Crippen LogP contribution is -2.51. The van der Waals surface area contributed by atoms with Crippen LogP contribution in [0.5, 0.6) is 5.75 Å². The number of benzene rings is 3. The first-order valence-corrected chi connectivity index (χ1v) is 14.5. The fourth-order valence-corrected chi connectivity index (χ4v) is 5.46. The van der Waals surface area contributed by atoms with E-state index in [0.29, 0.717) is 17.3 Å². The van der Waals surface area contributed by atoms with Crippen LogP contribution in [-0.2, 0) is 26.2 Å². The third-order valence-electron chi connectivity index (χ3n) is 6.23. The first kappa shape index (κ1) is 30.0. The molecule has 0 saturated carbocycles. The Labute approximate surface area is 235 Å². The van der Waals surface area contributed by atoms with Gasteiger partial charge in [0.25, 0.3) is 10.0 Å². The molecule has 3 aromatic rings. The monoisotopic (exact) mass is 571 g/mol. The number of nitrogens with one attached hydrogen (secondary N) is 1. The van der Waals surface area contributed by atoms with E-state index in [-0.39, 0.29) is 23.0 Å². The molecule has 0 saturated heterocycles. The van der Waals surface area contributed by atoms with Crippen LogP contribution in [0.2, 0.25) is 5.02 Å². The Morgan fingerprint density at radius 3 is 2.21 bits per heavy atom. The number of carbonyl (C=O) groups is 2. The van der Waals surface area contributed by atoms with E-state index in [0.717, 1.165) is 22.7 Å². The molecule has 3 aromatic carbocycles. The van der Waals surface area contributed by atoms with Gasteiger partial charge in [0.15, 0.2) is 0 Å². The zero-order valence-corrected chi connectivity index (χ0v) is 23.9. The molecule has 0 aromatic heterocycles. The third-order valence-corrected chi connectivity index (χ3v) is 8.27. The van der Waals surface area contributed by atoms with Gasteiger partial charge in [0.05, 0.1) is 17.7 Å². The van der Waals surface area contributed by atoms with E-state index >= 15 is 0 Å². The molecule has 0 aliphatic carbocycles. The number of ether oxygens (including phenoxy) is 1. The van der Waals surface area contributed by atoms with Gasteiger partial charge in [0.1, 0.15) is 18.3 Å². The number of hydrogen-bond donors (Lipinski definition) is 1. The Balaban J connectivity index is 1.97. The predicted octanol–water partition coefficient (Wildman–Crippen LogP) is 4.88. The van der Waals surface area contributed by atoms with Crippen molar-refractivity contribution in [3.63, 3.8) is 0 Å². The molecule has 0 heterocycles. The van der Waals surface area contributed by atoms with E-state index in [9.17, 15) is 18.0 Å². The van der Waals surface area contributed by atoms with Crippen LogP contribution in [0.25, 0.3) is 0 Å². The highest BCUT2D eigenvalue weighted by Crippen LogP contribution is 2.26.